The van der Waals surface area contributed by atoms with Crippen molar-refractivity contribution in [3.05, 3.63) is 59.4 Å². The summed E-state index contributed by atoms with van der Waals surface area (Å²) in [5, 5.41) is 18.0. The van der Waals surface area contributed by atoms with Crippen LogP contribution in [0.4, 0.5) is 13.2 Å². The topological polar surface area (TPSA) is 82.9 Å². The Labute approximate surface area is 147 Å². The van der Waals surface area contributed by atoms with Crippen molar-refractivity contribution in [2.45, 2.75) is 28.8 Å². The molecule has 2 rings (SSSR count). The minimum absolute atomic E-state index is 0.0727. The molecule has 132 valence electrons. The van der Waals surface area contributed by atoms with Gasteiger partial charge in [-0.25, -0.2) is 4.98 Å². The molecule has 0 aliphatic heterocycles. The zero-order valence-corrected chi connectivity index (χ0v) is 13.9. The van der Waals surface area contributed by atoms with Gasteiger partial charge in [0.1, 0.15) is 6.07 Å². The molecule has 0 saturated heterocycles. The van der Waals surface area contributed by atoms with Crippen LogP contribution in [0.5, 0.6) is 0 Å². The molecule has 0 bridgehead atoms. The Morgan fingerprint density at radius 3 is 2.52 bits per heavy atom. The first kappa shape index (κ1) is 19.2. The summed E-state index contributed by atoms with van der Waals surface area (Å²) in [7, 11) is 0. The van der Waals surface area contributed by atoms with E-state index in [0.29, 0.717) is 12.6 Å². The number of nitriles is 1. The first-order chi connectivity index (χ1) is 11.8. The highest BCUT2D eigenvalue weighted by Gasteiger charge is 2.32. The van der Waals surface area contributed by atoms with E-state index in [2.05, 4.69) is 4.98 Å². The molecule has 8 heteroatoms. The third-order valence-corrected chi connectivity index (χ3v) is 4.79. The van der Waals surface area contributed by atoms with E-state index in [0.717, 1.165) is 23.4 Å². The van der Waals surface area contributed by atoms with Crippen molar-refractivity contribution >= 4 is 11.8 Å². The molecule has 0 saturated carbocycles. The van der Waals surface area contributed by atoms with Gasteiger partial charge in [0.25, 0.3) is 0 Å². The van der Waals surface area contributed by atoms with E-state index in [-0.39, 0.29) is 22.4 Å². The summed E-state index contributed by atoms with van der Waals surface area (Å²) < 4.78 is 38.8. The van der Waals surface area contributed by atoms with Crippen molar-refractivity contribution in [1.82, 2.24) is 4.98 Å². The maximum absolute atomic E-state index is 12.9. The van der Waals surface area contributed by atoms with Gasteiger partial charge < -0.3 is 10.8 Å². The van der Waals surface area contributed by atoms with Crippen LogP contribution in [0.1, 0.15) is 28.5 Å². The lowest BCUT2D eigenvalue weighted by Crippen LogP contribution is -2.26. The summed E-state index contributed by atoms with van der Waals surface area (Å²) in [6, 6.07) is 11.3. The standard InChI is InChI=1S/C17H16F3N3OS/c18-17(19,20)12-6-16(14(8-21)23-9-12)25-15(7-13(22)10-24)11-4-2-1-3-5-11/h1-6,9,13,15,24H,7,10,22H2/t13-,15+/m0/s1. The summed E-state index contributed by atoms with van der Waals surface area (Å²) in [5.74, 6) is 0. The maximum atomic E-state index is 12.9. The van der Waals surface area contributed by atoms with Gasteiger partial charge in [0.05, 0.1) is 12.2 Å². The number of nitrogens with zero attached hydrogens (tertiary/aromatic N) is 2. The second-order valence-corrected chi connectivity index (χ2v) is 6.62. The van der Waals surface area contributed by atoms with E-state index in [9.17, 15) is 18.3 Å². The van der Waals surface area contributed by atoms with E-state index in [1.54, 1.807) is 0 Å². The second kappa shape index (κ2) is 8.34. The molecular weight excluding hydrogens is 351 g/mol. The Kier molecular flexibility index (Phi) is 6.42. The zero-order valence-electron chi connectivity index (χ0n) is 13.1. The number of hydrogen-bond donors (Lipinski definition) is 2. The average molecular weight is 367 g/mol. The van der Waals surface area contributed by atoms with Crippen LogP contribution in [0.3, 0.4) is 0 Å². The first-order valence-electron chi connectivity index (χ1n) is 7.40. The highest BCUT2D eigenvalue weighted by Crippen LogP contribution is 2.41. The van der Waals surface area contributed by atoms with Gasteiger partial charge in [0.15, 0.2) is 5.69 Å². The maximum Gasteiger partial charge on any atom is 0.417 e. The van der Waals surface area contributed by atoms with Crippen molar-refractivity contribution in [3.8, 4) is 6.07 Å². The molecule has 0 spiro atoms. The van der Waals surface area contributed by atoms with Crippen LogP contribution >= 0.6 is 11.8 Å². The molecule has 4 nitrogen and oxygen atoms in total. The van der Waals surface area contributed by atoms with Crippen molar-refractivity contribution in [1.29, 1.82) is 5.26 Å². The Morgan fingerprint density at radius 1 is 1.28 bits per heavy atom. The third-order valence-electron chi connectivity index (χ3n) is 3.48. The molecular formula is C17H16F3N3OS. The lowest BCUT2D eigenvalue weighted by atomic mass is 10.1. The number of nitrogens with two attached hydrogens (primary N) is 1. The number of rotatable bonds is 6. The molecule has 25 heavy (non-hydrogen) atoms. The molecule has 2 aromatic rings. The summed E-state index contributed by atoms with van der Waals surface area (Å²) >= 11 is 1.09. The van der Waals surface area contributed by atoms with Gasteiger partial charge in [-0.15, -0.1) is 11.8 Å². The molecule has 3 N–H and O–H groups in total. The molecule has 1 heterocycles. The summed E-state index contributed by atoms with van der Waals surface area (Å²) in [4.78, 5) is 3.76. The van der Waals surface area contributed by atoms with Crippen LogP contribution in [-0.2, 0) is 6.18 Å². The number of aromatic nitrogens is 1. The Morgan fingerprint density at radius 2 is 1.96 bits per heavy atom. The van der Waals surface area contributed by atoms with Crippen molar-refractivity contribution in [2.24, 2.45) is 5.73 Å². The molecule has 0 unspecified atom stereocenters. The van der Waals surface area contributed by atoms with E-state index >= 15 is 0 Å². The second-order valence-electron chi connectivity index (χ2n) is 5.38. The van der Waals surface area contributed by atoms with Crippen LogP contribution in [-0.4, -0.2) is 22.7 Å². The van der Waals surface area contributed by atoms with Crippen molar-refractivity contribution < 1.29 is 18.3 Å². The van der Waals surface area contributed by atoms with E-state index in [1.807, 2.05) is 36.4 Å². The lowest BCUT2D eigenvalue weighted by molar-refractivity contribution is -0.138. The van der Waals surface area contributed by atoms with Gasteiger partial charge in [-0.1, -0.05) is 30.3 Å². The fourth-order valence-corrected chi connectivity index (χ4v) is 3.54. The minimum Gasteiger partial charge on any atom is -0.395 e. The number of hydrogen-bond acceptors (Lipinski definition) is 5. The largest absolute Gasteiger partial charge is 0.417 e. The molecule has 0 fully saturated rings. The molecule has 1 aromatic carbocycles. The SMILES string of the molecule is N#Cc1ncc(C(F)(F)F)cc1S[C@H](C[C@H](N)CO)c1ccccc1. The molecule has 0 amide bonds. The monoisotopic (exact) mass is 367 g/mol. The highest BCUT2D eigenvalue weighted by molar-refractivity contribution is 7.99. The smallest absolute Gasteiger partial charge is 0.395 e. The van der Waals surface area contributed by atoms with Crippen LogP contribution in [0.15, 0.2) is 47.5 Å². The molecule has 0 aliphatic rings. The number of thioether (sulfide) groups is 1. The summed E-state index contributed by atoms with van der Waals surface area (Å²) in [6.45, 7) is -0.240. The quantitative estimate of drug-likeness (QED) is 0.764. The number of halogens is 3. The van der Waals surface area contributed by atoms with Gasteiger partial charge in [-0.2, -0.15) is 18.4 Å². The fraction of sp³-hybridized carbons (Fsp3) is 0.294. The van der Waals surface area contributed by atoms with E-state index < -0.39 is 17.8 Å². The summed E-state index contributed by atoms with van der Waals surface area (Å²) in [5.41, 5.74) is 5.67. The molecule has 0 aliphatic carbocycles. The normalized spacial score (nSPS) is 13.9. The fourth-order valence-electron chi connectivity index (χ4n) is 2.20. The van der Waals surface area contributed by atoms with E-state index in [1.165, 1.54) is 0 Å². The van der Waals surface area contributed by atoms with Gasteiger partial charge in [0.2, 0.25) is 0 Å². The molecule has 1 aromatic heterocycles. The first-order valence-corrected chi connectivity index (χ1v) is 8.28. The predicted molar refractivity (Wildman–Crippen MR) is 88.7 cm³/mol. The Bertz CT molecular complexity index is 747. The lowest BCUT2D eigenvalue weighted by Gasteiger charge is -2.21. The molecule has 2 atom stereocenters. The number of benzene rings is 1. The average Bonchev–Trinajstić information content (AvgIpc) is 2.60. The summed E-state index contributed by atoms with van der Waals surface area (Å²) in [6.07, 6.45) is -3.55. The van der Waals surface area contributed by atoms with Crippen LogP contribution in [0.25, 0.3) is 0 Å². The number of pyridine rings is 1. The van der Waals surface area contributed by atoms with Crippen molar-refractivity contribution in [3.63, 3.8) is 0 Å². The number of aliphatic hydroxyl groups excluding tert-OH is 1. The third kappa shape index (κ3) is 5.19. The minimum atomic E-state index is -4.54. The van der Waals surface area contributed by atoms with Gasteiger partial charge in [-0.3, -0.25) is 0 Å². The van der Waals surface area contributed by atoms with E-state index in [4.69, 9.17) is 11.0 Å². The van der Waals surface area contributed by atoms with Gasteiger partial charge in [0, 0.05) is 22.4 Å². The van der Waals surface area contributed by atoms with Gasteiger partial charge in [-0.05, 0) is 18.1 Å². The highest BCUT2D eigenvalue weighted by atomic mass is 32.2. The number of aliphatic hydroxyl groups is 1. The number of alkyl halides is 3. The van der Waals surface area contributed by atoms with Crippen LogP contribution < -0.4 is 5.73 Å². The Hall–Kier alpha value is -2.08. The van der Waals surface area contributed by atoms with Crippen molar-refractivity contribution in [2.75, 3.05) is 6.61 Å². The van der Waals surface area contributed by atoms with Gasteiger partial charge >= 0.3 is 6.18 Å². The predicted octanol–water partition coefficient (Wildman–Crippen LogP) is 3.52. The van der Waals surface area contributed by atoms with Crippen LogP contribution in [0.2, 0.25) is 0 Å². The molecule has 0 radical (unpaired) electrons. The Balaban J connectivity index is 2.39. The van der Waals surface area contributed by atoms with Crippen LogP contribution in [0, 0.1) is 11.3 Å². The zero-order chi connectivity index (χ0) is 18.4.